The van der Waals surface area contributed by atoms with Crippen LogP contribution in [0.25, 0.3) is 44.7 Å². The van der Waals surface area contributed by atoms with Crippen LogP contribution >= 0.6 is 0 Å². The highest BCUT2D eigenvalue weighted by Gasteiger charge is 2.23. The zero-order valence-electron chi connectivity index (χ0n) is 21.3. The molecule has 2 fully saturated rings. The third-order valence-electron chi connectivity index (χ3n) is 7.73. The van der Waals surface area contributed by atoms with Gasteiger partial charge in [-0.05, 0) is 62.9 Å². The molecule has 38 heavy (non-hydrogen) atoms. The van der Waals surface area contributed by atoms with Gasteiger partial charge in [-0.1, -0.05) is 6.42 Å². The Kier molecular flexibility index (Phi) is 5.96. The predicted molar refractivity (Wildman–Crippen MR) is 145 cm³/mol. The first-order valence-electron chi connectivity index (χ1n) is 13.5. The predicted octanol–water partition coefficient (Wildman–Crippen LogP) is 5.07. The van der Waals surface area contributed by atoms with Crippen molar-refractivity contribution < 1.29 is 4.39 Å². The normalized spacial score (nSPS) is 17.0. The topological polar surface area (TPSA) is 103 Å². The molecule has 194 valence electrons. The molecule has 0 amide bonds. The molecule has 5 aromatic heterocycles. The summed E-state index contributed by atoms with van der Waals surface area (Å²) in [5, 5.41) is 7.74. The van der Waals surface area contributed by atoms with Gasteiger partial charge in [0.15, 0.2) is 17.5 Å². The van der Waals surface area contributed by atoms with E-state index in [9.17, 15) is 0 Å². The summed E-state index contributed by atoms with van der Waals surface area (Å²) >= 11 is 0. The number of piperidine rings is 2. The molecule has 0 aliphatic carbocycles. The molecule has 7 heterocycles. The average Bonchev–Trinajstić information content (AvgIpc) is 3.59. The standard InChI is InChI=1S/C28H30FN9/c29-23-22-21(16-32-24(23)19-13-18(14-30-15-19)17-37-9-3-1-4-10-37)35-36-26(22)27-33-20-7-8-31-28(25(20)34-27)38-11-5-2-6-12-38/h7-8,13-16H,1-6,9-12,17H2,(H,33,34)(H,35,36). The highest BCUT2D eigenvalue weighted by Crippen LogP contribution is 2.34. The fourth-order valence-electron chi connectivity index (χ4n) is 5.80. The van der Waals surface area contributed by atoms with E-state index in [2.05, 4.69) is 39.9 Å². The molecule has 5 aromatic rings. The number of aromatic nitrogens is 7. The molecule has 2 saturated heterocycles. The summed E-state index contributed by atoms with van der Waals surface area (Å²) < 4.78 is 16.1. The molecule has 0 bridgehead atoms. The summed E-state index contributed by atoms with van der Waals surface area (Å²) in [6.45, 7) is 4.93. The maximum Gasteiger partial charge on any atom is 0.161 e. The maximum atomic E-state index is 16.1. The quantitative estimate of drug-likeness (QED) is 0.339. The van der Waals surface area contributed by atoms with E-state index >= 15 is 4.39 Å². The lowest BCUT2D eigenvalue weighted by atomic mass is 10.1. The van der Waals surface area contributed by atoms with Gasteiger partial charge in [0.05, 0.1) is 22.6 Å². The van der Waals surface area contributed by atoms with Gasteiger partial charge in [-0.15, -0.1) is 0 Å². The van der Waals surface area contributed by atoms with Crippen molar-refractivity contribution in [2.75, 3.05) is 31.1 Å². The van der Waals surface area contributed by atoms with Gasteiger partial charge < -0.3 is 9.88 Å². The summed E-state index contributed by atoms with van der Waals surface area (Å²) in [6, 6.07) is 3.90. The highest BCUT2D eigenvalue weighted by molar-refractivity contribution is 5.96. The molecule has 2 aliphatic rings. The third-order valence-corrected chi connectivity index (χ3v) is 7.73. The van der Waals surface area contributed by atoms with Crippen LogP contribution in [0.2, 0.25) is 0 Å². The van der Waals surface area contributed by atoms with Crippen LogP contribution < -0.4 is 4.90 Å². The fourth-order valence-corrected chi connectivity index (χ4v) is 5.80. The van der Waals surface area contributed by atoms with Crippen molar-refractivity contribution >= 4 is 27.8 Å². The van der Waals surface area contributed by atoms with Crippen LogP contribution in [-0.2, 0) is 6.54 Å². The number of hydrogen-bond acceptors (Lipinski definition) is 7. The van der Waals surface area contributed by atoms with Crippen LogP contribution in [0.5, 0.6) is 0 Å². The number of hydrogen-bond donors (Lipinski definition) is 2. The van der Waals surface area contributed by atoms with Crippen LogP contribution in [0.4, 0.5) is 10.2 Å². The van der Waals surface area contributed by atoms with Crippen molar-refractivity contribution in [3.05, 3.63) is 48.3 Å². The number of fused-ring (bicyclic) bond motifs is 2. The first-order chi connectivity index (χ1) is 18.7. The van der Waals surface area contributed by atoms with E-state index in [1.807, 2.05) is 18.3 Å². The molecular formula is C28H30FN9. The van der Waals surface area contributed by atoms with Crippen LogP contribution in [0.1, 0.15) is 44.1 Å². The minimum absolute atomic E-state index is 0.264. The number of nitrogens with one attached hydrogen (secondary N) is 2. The molecule has 2 N–H and O–H groups in total. The summed E-state index contributed by atoms with van der Waals surface area (Å²) in [6.07, 6.45) is 14.2. The Morgan fingerprint density at radius 3 is 2.53 bits per heavy atom. The van der Waals surface area contributed by atoms with Gasteiger partial charge in [0, 0.05) is 43.8 Å². The van der Waals surface area contributed by atoms with Gasteiger partial charge in [-0.2, -0.15) is 5.10 Å². The number of anilines is 1. The Hall–Kier alpha value is -3.92. The second-order valence-corrected chi connectivity index (χ2v) is 10.4. The molecule has 0 aromatic carbocycles. The molecule has 10 heteroatoms. The first kappa shape index (κ1) is 23.2. The Bertz CT molecular complexity index is 1600. The van der Waals surface area contributed by atoms with Gasteiger partial charge in [0.2, 0.25) is 0 Å². The summed E-state index contributed by atoms with van der Waals surface area (Å²) in [5.41, 5.74) is 4.58. The van der Waals surface area contributed by atoms with E-state index in [0.29, 0.717) is 28.0 Å². The zero-order chi connectivity index (χ0) is 25.5. The number of aromatic amines is 2. The molecule has 0 spiro atoms. The SMILES string of the molecule is Fc1c(-c2cncc(CN3CCCCC3)c2)ncc2[nH]nc(-c3nc4c(N5CCCCC5)nccc4[nH]3)c12. The maximum absolute atomic E-state index is 16.1. The summed E-state index contributed by atoms with van der Waals surface area (Å²) in [7, 11) is 0. The van der Waals surface area contributed by atoms with E-state index in [-0.39, 0.29) is 5.69 Å². The number of halogens is 1. The van der Waals surface area contributed by atoms with Gasteiger partial charge >= 0.3 is 0 Å². The number of likely N-dealkylation sites (tertiary alicyclic amines) is 1. The van der Waals surface area contributed by atoms with Crippen LogP contribution in [-0.4, -0.2) is 66.2 Å². The smallest absolute Gasteiger partial charge is 0.161 e. The lowest BCUT2D eigenvalue weighted by Crippen LogP contribution is -2.30. The van der Waals surface area contributed by atoms with Crippen molar-refractivity contribution in [1.82, 2.24) is 40.0 Å². The van der Waals surface area contributed by atoms with Gasteiger partial charge in [0.1, 0.15) is 16.9 Å². The average molecular weight is 512 g/mol. The van der Waals surface area contributed by atoms with Crippen molar-refractivity contribution in [3.8, 4) is 22.8 Å². The molecule has 9 nitrogen and oxygen atoms in total. The van der Waals surface area contributed by atoms with Gasteiger partial charge in [0.25, 0.3) is 0 Å². The van der Waals surface area contributed by atoms with E-state index in [0.717, 1.165) is 68.0 Å². The zero-order valence-corrected chi connectivity index (χ0v) is 21.3. The Balaban J connectivity index is 1.27. The van der Waals surface area contributed by atoms with Crippen LogP contribution in [0, 0.1) is 5.82 Å². The van der Waals surface area contributed by atoms with E-state index in [4.69, 9.17) is 4.98 Å². The van der Waals surface area contributed by atoms with Gasteiger partial charge in [-0.25, -0.2) is 14.4 Å². The highest BCUT2D eigenvalue weighted by atomic mass is 19.1. The van der Waals surface area contributed by atoms with Crippen LogP contribution in [0.3, 0.4) is 0 Å². The largest absolute Gasteiger partial charge is 0.355 e. The minimum Gasteiger partial charge on any atom is -0.355 e. The number of nitrogens with zero attached hydrogens (tertiary/aromatic N) is 7. The molecule has 2 aliphatic heterocycles. The Morgan fingerprint density at radius 2 is 1.68 bits per heavy atom. The van der Waals surface area contributed by atoms with E-state index in [1.54, 1.807) is 18.6 Å². The summed E-state index contributed by atoms with van der Waals surface area (Å²) in [5.74, 6) is 0.938. The second kappa shape index (κ2) is 9.75. The molecular weight excluding hydrogens is 481 g/mol. The van der Waals surface area contributed by atoms with Crippen molar-refractivity contribution in [2.45, 2.75) is 45.1 Å². The number of imidazole rings is 1. The van der Waals surface area contributed by atoms with Gasteiger partial charge in [-0.3, -0.25) is 20.0 Å². The third kappa shape index (κ3) is 4.18. The number of pyridine rings is 3. The molecule has 0 radical (unpaired) electrons. The fraction of sp³-hybridized carbons (Fsp3) is 0.393. The first-order valence-corrected chi connectivity index (χ1v) is 13.5. The van der Waals surface area contributed by atoms with E-state index < -0.39 is 5.82 Å². The lowest BCUT2D eigenvalue weighted by Gasteiger charge is -2.27. The minimum atomic E-state index is -0.432. The lowest BCUT2D eigenvalue weighted by molar-refractivity contribution is 0.220. The molecule has 7 rings (SSSR count). The number of H-pyrrole nitrogens is 2. The number of rotatable bonds is 5. The van der Waals surface area contributed by atoms with Crippen molar-refractivity contribution in [3.63, 3.8) is 0 Å². The van der Waals surface area contributed by atoms with E-state index in [1.165, 1.54) is 25.7 Å². The van der Waals surface area contributed by atoms with Crippen LogP contribution in [0.15, 0.2) is 36.9 Å². The van der Waals surface area contributed by atoms with Crippen molar-refractivity contribution in [1.29, 1.82) is 0 Å². The Labute approximate surface area is 219 Å². The summed E-state index contributed by atoms with van der Waals surface area (Å²) in [4.78, 5) is 26.4. The molecule has 0 unspecified atom stereocenters. The van der Waals surface area contributed by atoms with Crippen molar-refractivity contribution in [2.24, 2.45) is 0 Å². The molecule has 0 atom stereocenters. The Morgan fingerprint density at radius 1 is 0.868 bits per heavy atom. The molecule has 0 saturated carbocycles. The monoisotopic (exact) mass is 511 g/mol. The second-order valence-electron chi connectivity index (χ2n) is 10.4.